The molecule has 5 nitrogen and oxygen atoms in total. The molecule has 2 rings (SSSR count). The Bertz CT molecular complexity index is 605. The van der Waals surface area contributed by atoms with E-state index in [2.05, 4.69) is 36.1 Å². The number of benzene rings is 1. The van der Waals surface area contributed by atoms with Crippen molar-refractivity contribution in [3.63, 3.8) is 0 Å². The second-order valence-corrected chi connectivity index (χ2v) is 5.74. The predicted octanol–water partition coefficient (Wildman–Crippen LogP) is 2.78. The maximum absolute atomic E-state index is 10.6. The van der Waals surface area contributed by atoms with E-state index in [9.17, 15) is 4.79 Å². The van der Waals surface area contributed by atoms with Crippen LogP contribution in [0.1, 0.15) is 25.3 Å². The summed E-state index contributed by atoms with van der Waals surface area (Å²) >= 11 is 1.17. The molecule has 0 radical (unpaired) electrons. The van der Waals surface area contributed by atoms with E-state index in [-0.39, 0.29) is 5.75 Å². The number of aliphatic carboxylic acids is 1. The number of hydrogen-bond acceptors (Lipinski definition) is 4. The third-order valence-corrected chi connectivity index (χ3v) is 3.89. The van der Waals surface area contributed by atoms with E-state index >= 15 is 0 Å². The minimum atomic E-state index is -0.860. The Hall–Kier alpha value is -1.82. The predicted molar refractivity (Wildman–Crippen MR) is 78.9 cm³/mol. The Labute approximate surface area is 122 Å². The van der Waals surface area contributed by atoms with E-state index in [0.717, 1.165) is 5.56 Å². The van der Waals surface area contributed by atoms with Crippen LogP contribution in [-0.2, 0) is 11.8 Å². The number of carboxylic acid groups (broad SMARTS) is 1. The highest BCUT2D eigenvalue weighted by Crippen LogP contribution is 2.23. The number of aryl methyl sites for hydroxylation is 1. The van der Waals surface area contributed by atoms with Gasteiger partial charge in [0.05, 0.1) is 5.75 Å². The first-order valence-electron chi connectivity index (χ1n) is 6.33. The first-order valence-corrected chi connectivity index (χ1v) is 7.32. The van der Waals surface area contributed by atoms with Crippen LogP contribution < -0.4 is 0 Å². The third kappa shape index (κ3) is 3.39. The van der Waals surface area contributed by atoms with Crippen LogP contribution in [0.4, 0.5) is 0 Å². The maximum atomic E-state index is 10.6. The van der Waals surface area contributed by atoms with Crippen molar-refractivity contribution in [3.05, 3.63) is 29.8 Å². The molecule has 6 heteroatoms. The first kappa shape index (κ1) is 14.6. The molecule has 0 unspecified atom stereocenters. The van der Waals surface area contributed by atoms with E-state index in [1.165, 1.54) is 17.3 Å². The molecule has 0 saturated carbocycles. The quantitative estimate of drug-likeness (QED) is 0.858. The average molecular weight is 291 g/mol. The summed E-state index contributed by atoms with van der Waals surface area (Å²) in [6, 6.07) is 8.13. The molecule has 1 aromatic carbocycles. The van der Waals surface area contributed by atoms with Crippen LogP contribution in [0.2, 0.25) is 0 Å². The lowest BCUT2D eigenvalue weighted by molar-refractivity contribution is -0.133. The molecule has 0 amide bonds. The molecule has 0 aliphatic heterocycles. The maximum Gasteiger partial charge on any atom is 0.313 e. The van der Waals surface area contributed by atoms with Crippen LogP contribution in [0.15, 0.2) is 29.4 Å². The first-order chi connectivity index (χ1) is 9.47. The lowest BCUT2D eigenvalue weighted by Gasteiger charge is -2.04. The van der Waals surface area contributed by atoms with E-state index in [0.29, 0.717) is 16.9 Å². The van der Waals surface area contributed by atoms with Gasteiger partial charge in [0, 0.05) is 12.6 Å². The van der Waals surface area contributed by atoms with Gasteiger partial charge in [0.2, 0.25) is 0 Å². The number of hydrogen-bond donors (Lipinski definition) is 1. The van der Waals surface area contributed by atoms with Crippen molar-refractivity contribution in [1.82, 2.24) is 14.8 Å². The summed E-state index contributed by atoms with van der Waals surface area (Å²) in [6.45, 7) is 4.29. The van der Waals surface area contributed by atoms with Crippen molar-refractivity contribution >= 4 is 17.7 Å². The highest BCUT2D eigenvalue weighted by molar-refractivity contribution is 7.99. The fraction of sp³-hybridized carbons (Fsp3) is 0.357. The van der Waals surface area contributed by atoms with Crippen molar-refractivity contribution < 1.29 is 9.90 Å². The summed E-state index contributed by atoms with van der Waals surface area (Å²) in [5, 5.41) is 13.6. The largest absolute Gasteiger partial charge is 0.481 e. The molecule has 0 spiro atoms. The van der Waals surface area contributed by atoms with E-state index in [1.54, 1.807) is 11.7 Å². The highest BCUT2D eigenvalue weighted by atomic mass is 32.2. The minimum Gasteiger partial charge on any atom is -0.481 e. The van der Waals surface area contributed by atoms with Crippen LogP contribution in [0.3, 0.4) is 0 Å². The standard InChI is InChI=1S/C14H17N3O2S/c1-9(2)10-4-6-11(7-5-10)13-15-14(17(3)16-13)20-8-12(18)19/h4-7,9H,8H2,1-3H3,(H,18,19). The number of nitrogens with zero attached hydrogens (tertiary/aromatic N) is 3. The summed E-state index contributed by atoms with van der Waals surface area (Å²) < 4.78 is 1.61. The molecule has 0 aliphatic carbocycles. The Kier molecular flexibility index (Phi) is 4.44. The van der Waals surface area contributed by atoms with Crippen LogP contribution in [0.5, 0.6) is 0 Å². The smallest absolute Gasteiger partial charge is 0.313 e. The van der Waals surface area contributed by atoms with E-state index in [4.69, 9.17) is 5.11 Å². The fourth-order valence-corrected chi connectivity index (χ4v) is 2.39. The summed E-state index contributed by atoms with van der Waals surface area (Å²) in [6.07, 6.45) is 0. The third-order valence-electron chi connectivity index (χ3n) is 2.88. The lowest BCUT2D eigenvalue weighted by atomic mass is 10.0. The Morgan fingerprint density at radius 2 is 2.00 bits per heavy atom. The van der Waals surface area contributed by atoms with Crippen molar-refractivity contribution in [2.45, 2.75) is 24.9 Å². The van der Waals surface area contributed by atoms with Gasteiger partial charge in [-0.15, -0.1) is 0 Å². The molecule has 0 bridgehead atoms. The Balaban J connectivity index is 2.20. The average Bonchev–Trinajstić information content (AvgIpc) is 2.78. The summed E-state index contributed by atoms with van der Waals surface area (Å²) in [5.74, 6) is 0.233. The topological polar surface area (TPSA) is 68.0 Å². The molecule has 1 heterocycles. The molecule has 20 heavy (non-hydrogen) atoms. The molecule has 0 aliphatic rings. The van der Waals surface area contributed by atoms with Crippen LogP contribution in [0, 0.1) is 0 Å². The normalized spacial score (nSPS) is 11.0. The molecule has 1 N–H and O–H groups in total. The lowest BCUT2D eigenvalue weighted by Crippen LogP contribution is -2.00. The number of aromatic nitrogens is 3. The molecule has 2 aromatic rings. The van der Waals surface area contributed by atoms with Gasteiger partial charge in [-0.1, -0.05) is 49.9 Å². The van der Waals surface area contributed by atoms with Gasteiger partial charge < -0.3 is 5.11 Å². The number of rotatable bonds is 5. The van der Waals surface area contributed by atoms with Crippen LogP contribution in [0.25, 0.3) is 11.4 Å². The zero-order valence-corrected chi connectivity index (χ0v) is 12.5. The molecule has 106 valence electrons. The number of carboxylic acids is 1. The zero-order chi connectivity index (χ0) is 14.7. The highest BCUT2D eigenvalue weighted by Gasteiger charge is 2.11. The molecule has 0 fully saturated rings. The van der Waals surface area contributed by atoms with Crippen LogP contribution in [-0.4, -0.2) is 31.6 Å². The number of thioether (sulfide) groups is 1. The van der Waals surface area contributed by atoms with Gasteiger partial charge >= 0.3 is 5.97 Å². The molecule has 1 aromatic heterocycles. The minimum absolute atomic E-state index is 0.0156. The second-order valence-electron chi connectivity index (χ2n) is 4.80. The molecule has 0 saturated heterocycles. The van der Waals surface area contributed by atoms with Crippen LogP contribution >= 0.6 is 11.8 Å². The van der Waals surface area contributed by atoms with Gasteiger partial charge in [-0.2, -0.15) is 5.10 Å². The van der Waals surface area contributed by atoms with Gasteiger partial charge in [0.1, 0.15) is 0 Å². The summed E-state index contributed by atoms with van der Waals surface area (Å²) in [4.78, 5) is 15.0. The fourth-order valence-electron chi connectivity index (χ4n) is 1.76. The van der Waals surface area contributed by atoms with Gasteiger partial charge in [0.15, 0.2) is 11.0 Å². The van der Waals surface area contributed by atoms with Crippen molar-refractivity contribution in [2.75, 3.05) is 5.75 Å². The van der Waals surface area contributed by atoms with Crippen molar-refractivity contribution in [2.24, 2.45) is 7.05 Å². The Morgan fingerprint density at radius 3 is 2.55 bits per heavy atom. The second kappa shape index (κ2) is 6.09. The number of carbonyl (C=O) groups is 1. The zero-order valence-electron chi connectivity index (χ0n) is 11.7. The van der Waals surface area contributed by atoms with Gasteiger partial charge in [0.25, 0.3) is 0 Å². The monoisotopic (exact) mass is 291 g/mol. The molecule has 0 atom stereocenters. The van der Waals surface area contributed by atoms with Crippen molar-refractivity contribution in [3.8, 4) is 11.4 Å². The summed E-state index contributed by atoms with van der Waals surface area (Å²) in [5.41, 5.74) is 2.21. The Morgan fingerprint density at radius 1 is 1.35 bits per heavy atom. The van der Waals surface area contributed by atoms with Gasteiger partial charge in [-0.3, -0.25) is 4.79 Å². The van der Waals surface area contributed by atoms with Crippen molar-refractivity contribution in [1.29, 1.82) is 0 Å². The molecular formula is C14H17N3O2S. The van der Waals surface area contributed by atoms with Gasteiger partial charge in [-0.05, 0) is 11.5 Å². The van der Waals surface area contributed by atoms with E-state index in [1.807, 2.05) is 12.1 Å². The molecular weight excluding hydrogens is 274 g/mol. The SMILES string of the molecule is CC(C)c1ccc(-c2nc(SCC(=O)O)n(C)n2)cc1. The van der Waals surface area contributed by atoms with E-state index < -0.39 is 5.97 Å². The van der Waals surface area contributed by atoms with Gasteiger partial charge in [-0.25, -0.2) is 9.67 Å². The summed E-state index contributed by atoms with van der Waals surface area (Å²) in [7, 11) is 1.77.